The smallest absolute Gasteiger partial charge is 0.351 e. The highest BCUT2D eigenvalue weighted by Crippen LogP contribution is 2.52. The molecular formula is C36H40N4O13. The Balaban J connectivity index is 1.25. The third-order valence-corrected chi connectivity index (χ3v) is 10.7. The van der Waals surface area contributed by atoms with E-state index in [-0.39, 0.29) is 53.3 Å². The van der Waals surface area contributed by atoms with Gasteiger partial charge in [-0.3, -0.25) is 23.9 Å². The number of Topliss-reactive ketones (excluding diaryl/α,β-unsaturated/α-hetero) is 1. The molecule has 2 aliphatic heterocycles. The maximum absolute atomic E-state index is 14.0. The highest BCUT2D eigenvalue weighted by molar-refractivity contribution is 6.31. The highest BCUT2D eigenvalue weighted by Gasteiger charge is 2.50. The van der Waals surface area contributed by atoms with Crippen molar-refractivity contribution >= 4 is 23.2 Å². The lowest BCUT2D eigenvalue weighted by atomic mass is 9.72. The van der Waals surface area contributed by atoms with Crippen LogP contribution in [0, 0.1) is 0 Å². The third kappa shape index (κ3) is 6.07. The number of rotatable bonds is 7. The van der Waals surface area contributed by atoms with E-state index in [0.717, 1.165) is 6.92 Å². The van der Waals surface area contributed by atoms with Gasteiger partial charge in [0.05, 0.1) is 54.8 Å². The van der Waals surface area contributed by atoms with Crippen LogP contribution in [0.3, 0.4) is 0 Å². The van der Waals surface area contributed by atoms with E-state index in [0.29, 0.717) is 0 Å². The molecule has 282 valence electrons. The molecule has 0 bridgehead atoms. The minimum Gasteiger partial charge on any atom is -0.507 e. The van der Waals surface area contributed by atoms with Gasteiger partial charge >= 0.3 is 5.69 Å². The fraction of sp³-hybridized carbons (Fsp3) is 0.472. The Kier molecular flexibility index (Phi) is 9.38. The van der Waals surface area contributed by atoms with Crippen molar-refractivity contribution in [1.29, 1.82) is 0 Å². The van der Waals surface area contributed by atoms with Crippen molar-refractivity contribution in [3.05, 3.63) is 74.3 Å². The summed E-state index contributed by atoms with van der Waals surface area (Å²) in [4.78, 5) is 58.9. The molecule has 0 radical (unpaired) electrons. The van der Waals surface area contributed by atoms with E-state index >= 15 is 0 Å². The van der Waals surface area contributed by atoms with Crippen molar-refractivity contribution in [3.63, 3.8) is 0 Å². The van der Waals surface area contributed by atoms with Crippen LogP contribution in [0.5, 0.6) is 17.2 Å². The zero-order chi connectivity index (χ0) is 38.1. The summed E-state index contributed by atoms with van der Waals surface area (Å²) >= 11 is 0. The van der Waals surface area contributed by atoms with Crippen LogP contribution in [0.2, 0.25) is 0 Å². The molecule has 1 aromatic heterocycles. The lowest BCUT2D eigenvalue weighted by Gasteiger charge is -2.48. The van der Waals surface area contributed by atoms with Crippen molar-refractivity contribution in [3.8, 4) is 17.2 Å². The average Bonchev–Trinajstić information content (AvgIpc) is 3.12. The number of aromatic hydroxyl groups is 2. The van der Waals surface area contributed by atoms with E-state index in [1.165, 1.54) is 42.1 Å². The number of hydrogen-bond donors (Lipinski definition) is 6. The third-order valence-electron chi connectivity index (χ3n) is 10.7. The van der Waals surface area contributed by atoms with Gasteiger partial charge in [-0.15, -0.1) is 0 Å². The molecule has 2 saturated heterocycles. The van der Waals surface area contributed by atoms with Crippen molar-refractivity contribution < 1.29 is 58.9 Å². The second kappa shape index (κ2) is 13.6. The number of aliphatic hydroxyl groups excluding tert-OH is 2. The van der Waals surface area contributed by atoms with Crippen molar-refractivity contribution in [2.75, 3.05) is 32.5 Å². The first-order valence-corrected chi connectivity index (χ1v) is 17.1. The van der Waals surface area contributed by atoms with Crippen LogP contribution in [0.25, 0.3) is 0 Å². The monoisotopic (exact) mass is 736 g/mol. The molecule has 17 nitrogen and oxygen atoms in total. The standard InChI is InChI=1S/C36H40N4O13/c1-15-30(43)20(39-12-17(14-41)52-24(13-39)40-8-7-23(37)38-35(40)48)9-25(51-15)53-22-11-36(49,16(2)42)10-19-27(22)34(47)29-28(32(19)45)31(44)18-5-4-6-21(50-3)26(18)33(29)46/h4-8,15,17,20,22,24-25,30,41,43,45,47,49H,9-14H2,1-3H3,(H2,37,38,48)/t15-,17+,20-,22-,24-,25-,30+,36-/m0/s1. The number of aromatic nitrogens is 2. The van der Waals surface area contributed by atoms with Crippen LogP contribution in [-0.4, -0.2) is 120 Å². The van der Waals surface area contributed by atoms with Gasteiger partial charge in [-0.1, -0.05) is 12.1 Å². The molecule has 0 unspecified atom stereocenters. The summed E-state index contributed by atoms with van der Waals surface area (Å²) in [6.45, 7) is 2.62. The minimum atomic E-state index is -2.11. The Bertz CT molecular complexity index is 2070. The number of phenols is 2. The number of fused-ring (bicyclic) bond motifs is 3. The predicted molar refractivity (Wildman–Crippen MR) is 182 cm³/mol. The lowest BCUT2D eigenvalue weighted by Crippen LogP contribution is -2.60. The summed E-state index contributed by atoms with van der Waals surface area (Å²) in [5, 5.41) is 56.5. The van der Waals surface area contributed by atoms with Gasteiger partial charge in [0.25, 0.3) is 0 Å². The molecule has 17 heteroatoms. The number of anilines is 1. The van der Waals surface area contributed by atoms with Gasteiger partial charge < -0.3 is 50.2 Å². The maximum Gasteiger partial charge on any atom is 0.351 e. The number of aliphatic hydroxyl groups is 3. The molecule has 8 atom stereocenters. The molecule has 7 rings (SSSR count). The molecule has 0 spiro atoms. The van der Waals surface area contributed by atoms with Crippen molar-refractivity contribution in [1.82, 2.24) is 14.5 Å². The normalized spacial score (nSPS) is 30.0. The Morgan fingerprint density at radius 1 is 1.08 bits per heavy atom. The number of hydrogen-bond acceptors (Lipinski definition) is 16. The number of ether oxygens (including phenoxy) is 4. The van der Waals surface area contributed by atoms with Crippen LogP contribution in [0.4, 0.5) is 5.82 Å². The number of nitrogen functional groups attached to an aromatic ring is 1. The summed E-state index contributed by atoms with van der Waals surface area (Å²) in [6.07, 6.45) is -5.62. The molecule has 2 fully saturated rings. The molecule has 0 amide bonds. The number of phenolic OH excluding ortho intramolecular Hbond substituents is 2. The summed E-state index contributed by atoms with van der Waals surface area (Å²) < 4.78 is 25.0. The second-order valence-corrected chi connectivity index (χ2v) is 13.9. The molecule has 3 aromatic rings. The largest absolute Gasteiger partial charge is 0.507 e. The van der Waals surface area contributed by atoms with Gasteiger partial charge in [-0.2, -0.15) is 4.98 Å². The Hall–Kier alpha value is -4.75. The van der Waals surface area contributed by atoms with Crippen LogP contribution >= 0.6 is 0 Å². The molecular weight excluding hydrogens is 696 g/mol. The zero-order valence-corrected chi connectivity index (χ0v) is 29.1. The minimum absolute atomic E-state index is 0.0186. The highest BCUT2D eigenvalue weighted by atomic mass is 16.7. The number of carbonyl (C=O) groups is 3. The van der Waals surface area contributed by atoms with Gasteiger partial charge in [0.2, 0.25) is 5.78 Å². The number of methoxy groups -OCH3 is 1. The summed E-state index contributed by atoms with van der Waals surface area (Å²) in [7, 11) is 1.32. The lowest BCUT2D eigenvalue weighted by molar-refractivity contribution is -0.265. The first-order valence-electron chi connectivity index (χ1n) is 17.1. The van der Waals surface area contributed by atoms with Crippen LogP contribution in [0.1, 0.15) is 82.0 Å². The number of benzene rings is 2. The van der Waals surface area contributed by atoms with Gasteiger partial charge in [0, 0.05) is 61.3 Å². The first kappa shape index (κ1) is 36.6. The molecule has 2 aromatic carbocycles. The Morgan fingerprint density at radius 2 is 1.81 bits per heavy atom. The van der Waals surface area contributed by atoms with Gasteiger partial charge in [0.1, 0.15) is 28.7 Å². The van der Waals surface area contributed by atoms with Crippen molar-refractivity contribution in [2.24, 2.45) is 0 Å². The Labute approximate surface area is 302 Å². The van der Waals surface area contributed by atoms with E-state index in [1.807, 2.05) is 4.90 Å². The summed E-state index contributed by atoms with van der Waals surface area (Å²) in [5.41, 5.74) is 1.54. The molecule has 53 heavy (non-hydrogen) atoms. The summed E-state index contributed by atoms with van der Waals surface area (Å²) in [6, 6.07) is 5.11. The topological polar surface area (TPSA) is 253 Å². The first-order chi connectivity index (χ1) is 25.2. The number of ketones is 3. The van der Waals surface area contributed by atoms with E-state index < -0.39 is 114 Å². The molecule has 2 aliphatic carbocycles. The maximum atomic E-state index is 14.0. The van der Waals surface area contributed by atoms with Crippen molar-refractivity contribution in [2.45, 2.75) is 81.7 Å². The van der Waals surface area contributed by atoms with Gasteiger partial charge in [-0.05, 0) is 26.0 Å². The fourth-order valence-electron chi connectivity index (χ4n) is 7.98. The van der Waals surface area contributed by atoms with Gasteiger partial charge in [-0.25, -0.2) is 4.79 Å². The summed E-state index contributed by atoms with van der Waals surface area (Å²) in [5.74, 6) is -3.45. The fourth-order valence-corrected chi connectivity index (χ4v) is 7.98. The van der Waals surface area contributed by atoms with Gasteiger partial charge in [0.15, 0.2) is 24.1 Å². The van der Waals surface area contributed by atoms with E-state index in [2.05, 4.69) is 4.98 Å². The quantitative estimate of drug-likeness (QED) is 0.138. The Morgan fingerprint density at radius 3 is 2.49 bits per heavy atom. The molecule has 7 N–H and O–H groups in total. The SMILES string of the molecule is COc1cccc2c1C(=O)c1c(O)c3c(c(O)c1C2=O)C[C@@](O)(C(C)=O)C[C@@H]3O[C@H]1C[C@H](N2C[C@H](CO)O[C@H](n3ccc(N)nc3=O)C2)[C@H](O)[C@H](C)O1. The molecule has 4 aliphatic rings. The molecule has 3 heterocycles. The predicted octanol–water partition coefficient (Wildman–Crippen LogP) is 0.101. The number of nitrogens with zero attached hydrogens (tertiary/aromatic N) is 3. The number of nitrogens with two attached hydrogens (primary N) is 1. The molecule has 0 saturated carbocycles. The van der Waals surface area contributed by atoms with Crippen LogP contribution < -0.4 is 16.2 Å². The zero-order valence-electron chi connectivity index (χ0n) is 29.1. The van der Waals surface area contributed by atoms with E-state index in [1.54, 1.807) is 6.92 Å². The van der Waals surface area contributed by atoms with Crippen LogP contribution in [-0.2, 0) is 25.4 Å². The number of morpholine rings is 1. The number of carbonyl (C=O) groups excluding carboxylic acids is 3. The average molecular weight is 737 g/mol. The van der Waals surface area contributed by atoms with E-state index in [9.17, 15) is 44.7 Å². The van der Waals surface area contributed by atoms with E-state index in [4.69, 9.17) is 24.7 Å². The van der Waals surface area contributed by atoms with Crippen LogP contribution in [0.15, 0.2) is 35.3 Å². The second-order valence-electron chi connectivity index (χ2n) is 13.9.